The third-order valence-corrected chi connectivity index (χ3v) is 6.46. The van der Waals surface area contributed by atoms with Crippen LogP contribution in [0, 0.1) is 5.92 Å². The summed E-state index contributed by atoms with van der Waals surface area (Å²) in [6.07, 6.45) is 9.01. The van der Waals surface area contributed by atoms with Gasteiger partial charge < -0.3 is 9.84 Å². The summed E-state index contributed by atoms with van der Waals surface area (Å²) in [5.74, 6) is 0.658. The monoisotopic (exact) mass is 329 g/mol. The molecule has 3 nitrogen and oxygen atoms in total. The molecule has 0 spiro atoms. The maximum absolute atomic E-state index is 11.3. The molecule has 3 heteroatoms. The van der Waals surface area contributed by atoms with Crippen LogP contribution in [0.2, 0.25) is 0 Å². The molecule has 3 aliphatic heterocycles. The third-order valence-electron chi connectivity index (χ3n) is 6.46. The lowest BCUT2D eigenvalue weighted by atomic mass is 9.71. The molecule has 3 saturated heterocycles. The number of ether oxygens (including phenoxy) is 1. The number of benzene rings is 1. The summed E-state index contributed by atoms with van der Waals surface area (Å²) in [5, 5.41) is 11.3. The summed E-state index contributed by atoms with van der Waals surface area (Å²) in [4.78, 5) is 2.69. The van der Waals surface area contributed by atoms with E-state index in [1.807, 2.05) is 0 Å². The molecule has 4 rings (SSSR count). The van der Waals surface area contributed by atoms with Gasteiger partial charge in [-0.25, -0.2) is 0 Å². The van der Waals surface area contributed by atoms with E-state index in [-0.39, 0.29) is 0 Å². The Labute approximate surface area is 146 Å². The Morgan fingerprint density at radius 2 is 1.67 bits per heavy atom. The molecule has 24 heavy (non-hydrogen) atoms. The summed E-state index contributed by atoms with van der Waals surface area (Å²) >= 11 is 0. The van der Waals surface area contributed by atoms with Crippen molar-refractivity contribution >= 4 is 0 Å². The molecule has 1 aromatic rings. The predicted octanol–water partition coefficient (Wildman–Crippen LogP) is 3.75. The lowest BCUT2D eigenvalue weighted by Crippen LogP contribution is -2.58. The van der Waals surface area contributed by atoms with E-state index in [1.165, 1.54) is 24.8 Å². The van der Waals surface area contributed by atoms with Crippen LogP contribution in [0.5, 0.6) is 0 Å². The van der Waals surface area contributed by atoms with Gasteiger partial charge in [-0.05, 0) is 56.4 Å². The molecular formula is C21H31NO2. The molecular weight excluding hydrogens is 298 g/mol. The fourth-order valence-corrected chi connectivity index (χ4v) is 5.33. The largest absolute Gasteiger partial charge is 0.390 e. The van der Waals surface area contributed by atoms with Crippen LogP contribution in [0.4, 0.5) is 0 Å². The number of hydrogen-bond acceptors (Lipinski definition) is 3. The number of fused-ring (bicyclic) bond motifs is 2. The lowest BCUT2D eigenvalue weighted by molar-refractivity contribution is -0.111. The number of nitrogens with zero attached hydrogens (tertiary/aromatic N) is 1. The van der Waals surface area contributed by atoms with Crippen molar-refractivity contribution in [2.24, 2.45) is 5.92 Å². The van der Waals surface area contributed by atoms with Gasteiger partial charge in [-0.3, -0.25) is 4.90 Å². The van der Waals surface area contributed by atoms with Crippen molar-refractivity contribution in [1.82, 2.24) is 4.90 Å². The van der Waals surface area contributed by atoms with Crippen LogP contribution < -0.4 is 0 Å². The van der Waals surface area contributed by atoms with E-state index in [9.17, 15) is 5.11 Å². The summed E-state index contributed by atoms with van der Waals surface area (Å²) in [6.45, 7) is 2.81. The molecule has 2 unspecified atom stereocenters. The highest BCUT2D eigenvalue weighted by Crippen LogP contribution is 2.43. The molecule has 1 aromatic carbocycles. The van der Waals surface area contributed by atoms with Gasteiger partial charge in [-0.1, -0.05) is 36.8 Å². The molecule has 2 atom stereocenters. The zero-order valence-corrected chi connectivity index (χ0v) is 14.7. The first-order chi connectivity index (χ1) is 11.7. The van der Waals surface area contributed by atoms with E-state index in [0.717, 1.165) is 51.9 Å². The van der Waals surface area contributed by atoms with Crippen molar-refractivity contribution in [2.75, 3.05) is 13.2 Å². The van der Waals surface area contributed by atoms with Crippen molar-refractivity contribution in [1.29, 1.82) is 0 Å². The first-order valence-corrected chi connectivity index (χ1v) is 9.82. The molecule has 0 aliphatic carbocycles. The van der Waals surface area contributed by atoms with Crippen LogP contribution in [-0.2, 0) is 11.3 Å². The van der Waals surface area contributed by atoms with Crippen LogP contribution in [0.25, 0.3) is 0 Å². The second-order valence-electron chi connectivity index (χ2n) is 8.29. The quantitative estimate of drug-likeness (QED) is 0.913. The average molecular weight is 329 g/mol. The Balaban J connectivity index is 1.43. The van der Waals surface area contributed by atoms with Crippen LogP contribution in [0.15, 0.2) is 30.3 Å². The van der Waals surface area contributed by atoms with E-state index in [4.69, 9.17) is 4.74 Å². The van der Waals surface area contributed by atoms with Gasteiger partial charge >= 0.3 is 0 Å². The van der Waals surface area contributed by atoms with E-state index < -0.39 is 5.60 Å². The maximum atomic E-state index is 11.3. The highest BCUT2D eigenvalue weighted by Gasteiger charge is 2.46. The first kappa shape index (κ1) is 16.6. The molecule has 3 fully saturated rings. The van der Waals surface area contributed by atoms with Gasteiger partial charge in [-0.2, -0.15) is 0 Å². The Hall–Kier alpha value is -0.900. The standard InChI is InChI=1S/C21H31NO2/c23-21(13-17-9-11-24-12-10-17)14-19-7-4-8-20(15-21)22(19)16-18-5-2-1-3-6-18/h1-3,5-6,17,19-20,23H,4,7-16H2. The van der Waals surface area contributed by atoms with Crippen molar-refractivity contribution in [3.8, 4) is 0 Å². The van der Waals surface area contributed by atoms with Crippen LogP contribution >= 0.6 is 0 Å². The molecule has 0 amide bonds. The summed E-state index contributed by atoms with van der Waals surface area (Å²) in [7, 11) is 0. The highest BCUT2D eigenvalue weighted by molar-refractivity contribution is 5.15. The predicted molar refractivity (Wildman–Crippen MR) is 95.8 cm³/mol. The molecule has 0 aromatic heterocycles. The zero-order valence-electron chi connectivity index (χ0n) is 14.7. The average Bonchev–Trinajstić information content (AvgIpc) is 2.58. The molecule has 3 aliphatic rings. The van der Waals surface area contributed by atoms with Gasteiger partial charge in [0.25, 0.3) is 0 Å². The number of hydrogen-bond donors (Lipinski definition) is 1. The molecule has 0 radical (unpaired) electrons. The number of aliphatic hydroxyl groups is 1. The lowest BCUT2D eigenvalue weighted by Gasteiger charge is -2.53. The molecule has 3 heterocycles. The molecule has 1 N–H and O–H groups in total. The normalized spacial score (nSPS) is 35.0. The fraction of sp³-hybridized carbons (Fsp3) is 0.714. The Morgan fingerprint density at radius 3 is 2.33 bits per heavy atom. The van der Waals surface area contributed by atoms with Crippen molar-refractivity contribution < 1.29 is 9.84 Å². The molecule has 132 valence electrons. The minimum Gasteiger partial charge on any atom is -0.390 e. The molecule has 2 bridgehead atoms. The highest BCUT2D eigenvalue weighted by atomic mass is 16.5. The number of piperidine rings is 2. The second kappa shape index (κ2) is 7.15. The minimum atomic E-state index is -0.440. The second-order valence-corrected chi connectivity index (χ2v) is 8.29. The van der Waals surface area contributed by atoms with Gasteiger partial charge in [0.1, 0.15) is 0 Å². The van der Waals surface area contributed by atoms with Gasteiger partial charge in [-0.15, -0.1) is 0 Å². The SMILES string of the molecule is OC1(CC2CCOCC2)CC2CCCC(C1)N2Cc1ccccc1. The van der Waals surface area contributed by atoms with Crippen molar-refractivity contribution in [3.63, 3.8) is 0 Å². The summed E-state index contributed by atoms with van der Waals surface area (Å²) in [6, 6.07) is 11.9. The van der Waals surface area contributed by atoms with Gasteiger partial charge in [0.2, 0.25) is 0 Å². The van der Waals surface area contributed by atoms with Crippen LogP contribution in [0.3, 0.4) is 0 Å². The summed E-state index contributed by atoms with van der Waals surface area (Å²) in [5.41, 5.74) is 0.967. The Bertz CT molecular complexity index is 512. The topological polar surface area (TPSA) is 32.7 Å². The fourth-order valence-electron chi connectivity index (χ4n) is 5.33. The van der Waals surface area contributed by atoms with Crippen molar-refractivity contribution in [2.45, 2.75) is 75.6 Å². The van der Waals surface area contributed by atoms with Gasteiger partial charge in [0.15, 0.2) is 0 Å². The minimum absolute atomic E-state index is 0.440. The van der Waals surface area contributed by atoms with Crippen LogP contribution in [-0.4, -0.2) is 40.9 Å². The smallest absolute Gasteiger partial charge is 0.0680 e. The summed E-state index contributed by atoms with van der Waals surface area (Å²) < 4.78 is 5.49. The molecule has 0 saturated carbocycles. The van der Waals surface area contributed by atoms with E-state index in [2.05, 4.69) is 35.2 Å². The zero-order chi connectivity index (χ0) is 16.4. The van der Waals surface area contributed by atoms with Gasteiger partial charge in [0.05, 0.1) is 5.60 Å². The van der Waals surface area contributed by atoms with E-state index in [0.29, 0.717) is 18.0 Å². The Kier molecular flexibility index (Phi) is 4.93. The first-order valence-electron chi connectivity index (χ1n) is 9.82. The van der Waals surface area contributed by atoms with Crippen LogP contribution in [0.1, 0.15) is 56.9 Å². The number of rotatable bonds is 4. The van der Waals surface area contributed by atoms with E-state index >= 15 is 0 Å². The maximum Gasteiger partial charge on any atom is 0.0680 e. The third kappa shape index (κ3) is 3.68. The van der Waals surface area contributed by atoms with E-state index in [1.54, 1.807) is 0 Å². The van der Waals surface area contributed by atoms with Crippen molar-refractivity contribution in [3.05, 3.63) is 35.9 Å². The van der Waals surface area contributed by atoms with Gasteiger partial charge in [0, 0.05) is 31.8 Å². The Morgan fingerprint density at radius 1 is 1.00 bits per heavy atom.